The highest BCUT2D eigenvalue weighted by Gasteiger charge is 2.51. The van der Waals surface area contributed by atoms with E-state index in [9.17, 15) is 0 Å². The number of hydrogen-bond acceptors (Lipinski definition) is 2. The van der Waals surface area contributed by atoms with Crippen LogP contribution in [0.2, 0.25) is 0 Å². The maximum absolute atomic E-state index is 8.74. The minimum absolute atomic E-state index is 0.233. The fourth-order valence-electron chi connectivity index (χ4n) is 5.60. The Labute approximate surface area is 153 Å². The van der Waals surface area contributed by atoms with Gasteiger partial charge in [0.05, 0.1) is 25.7 Å². The van der Waals surface area contributed by atoms with E-state index >= 15 is 0 Å². The fraction of sp³-hybridized carbons (Fsp3) is 0.696. The Morgan fingerprint density at radius 3 is 2.80 bits per heavy atom. The van der Waals surface area contributed by atoms with Crippen LogP contribution in [0.5, 0.6) is 0 Å². The summed E-state index contributed by atoms with van der Waals surface area (Å²) in [5.41, 5.74) is 5.15. The zero-order chi connectivity index (χ0) is 18.1. The minimum Gasteiger partial charge on any atom is -0.380 e. The van der Waals surface area contributed by atoms with Crippen molar-refractivity contribution < 1.29 is 4.74 Å². The Hall–Kier alpha value is -1.33. The third-order valence-electron chi connectivity index (χ3n) is 6.96. The van der Waals surface area contributed by atoms with Gasteiger partial charge in [-0.1, -0.05) is 52.3 Å². The first-order chi connectivity index (χ1) is 11.9. The van der Waals surface area contributed by atoms with Crippen LogP contribution in [-0.2, 0) is 16.6 Å². The van der Waals surface area contributed by atoms with Crippen molar-refractivity contribution in [3.63, 3.8) is 0 Å². The Morgan fingerprint density at radius 1 is 1.28 bits per heavy atom. The number of benzene rings is 1. The molecule has 0 aromatic heterocycles. The van der Waals surface area contributed by atoms with E-state index in [-0.39, 0.29) is 10.8 Å². The average Bonchev–Trinajstić information content (AvgIpc) is 2.58. The molecule has 1 aromatic carbocycles. The van der Waals surface area contributed by atoms with Crippen molar-refractivity contribution in [1.82, 2.24) is 0 Å². The second-order valence-electron chi connectivity index (χ2n) is 9.05. The Kier molecular flexibility index (Phi) is 5.26. The summed E-state index contributed by atoms with van der Waals surface area (Å²) in [6, 6.07) is 9.44. The highest BCUT2D eigenvalue weighted by Crippen LogP contribution is 2.57. The van der Waals surface area contributed by atoms with E-state index in [0.717, 1.165) is 6.61 Å². The van der Waals surface area contributed by atoms with E-state index in [1.807, 2.05) is 0 Å². The molecular weight excluding hydrogens is 306 g/mol. The van der Waals surface area contributed by atoms with Gasteiger partial charge >= 0.3 is 0 Å². The number of nitriles is 1. The van der Waals surface area contributed by atoms with Gasteiger partial charge < -0.3 is 4.74 Å². The van der Waals surface area contributed by atoms with Gasteiger partial charge in [-0.3, -0.25) is 0 Å². The SMILES string of the molecule is CC(C)c1ccc2c(c1)CC[C@H]1[C@](C)(COCCC#N)CCC[C@]21C. The van der Waals surface area contributed by atoms with E-state index < -0.39 is 0 Å². The molecule has 2 aliphatic rings. The van der Waals surface area contributed by atoms with Gasteiger partial charge in [0.1, 0.15) is 0 Å². The number of nitrogens with zero attached hydrogens (tertiary/aromatic N) is 1. The van der Waals surface area contributed by atoms with Crippen LogP contribution in [0, 0.1) is 22.7 Å². The third kappa shape index (κ3) is 3.36. The Balaban J connectivity index is 1.87. The zero-order valence-corrected chi connectivity index (χ0v) is 16.4. The van der Waals surface area contributed by atoms with Gasteiger partial charge in [0.15, 0.2) is 0 Å². The summed E-state index contributed by atoms with van der Waals surface area (Å²) < 4.78 is 5.93. The molecule has 0 N–H and O–H groups in total. The molecule has 0 radical (unpaired) electrons. The van der Waals surface area contributed by atoms with Crippen molar-refractivity contribution in [2.75, 3.05) is 13.2 Å². The van der Waals surface area contributed by atoms with Crippen molar-refractivity contribution in [2.45, 2.75) is 77.6 Å². The quantitative estimate of drug-likeness (QED) is 0.640. The van der Waals surface area contributed by atoms with Gasteiger partial charge in [0.2, 0.25) is 0 Å². The molecule has 0 unspecified atom stereocenters. The molecule has 25 heavy (non-hydrogen) atoms. The number of ether oxygens (including phenoxy) is 1. The lowest BCUT2D eigenvalue weighted by molar-refractivity contribution is -0.0451. The molecule has 1 fully saturated rings. The first-order valence-corrected chi connectivity index (χ1v) is 9.99. The van der Waals surface area contributed by atoms with Gasteiger partial charge in [0.25, 0.3) is 0 Å². The minimum atomic E-state index is 0.233. The normalized spacial score (nSPS) is 31.3. The standard InChI is InChI=1S/C23H33NO/c1-17(2)18-7-9-20-19(15-18)8-10-21-22(3,16-25-14-6-13-24)11-5-12-23(20,21)4/h7,9,15,17,21H,5-6,8,10-12,14,16H2,1-4H3/t21-,22-,23+/m0/s1. The van der Waals surface area contributed by atoms with Gasteiger partial charge in [-0.15, -0.1) is 0 Å². The highest BCUT2D eigenvalue weighted by atomic mass is 16.5. The summed E-state index contributed by atoms with van der Waals surface area (Å²) in [4.78, 5) is 0. The highest BCUT2D eigenvalue weighted by molar-refractivity contribution is 5.42. The Bertz CT molecular complexity index is 659. The first kappa shape index (κ1) is 18.5. The smallest absolute Gasteiger partial charge is 0.0645 e. The van der Waals surface area contributed by atoms with Gasteiger partial charge in [0, 0.05) is 0 Å². The summed E-state index contributed by atoms with van der Waals surface area (Å²) >= 11 is 0. The lowest BCUT2D eigenvalue weighted by Gasteiger charge is -2.55. The van der Waals surface area contributed by atoms with Crippen LogP contribution in [0.3, 0.4) is 0 Å². The second kappa shape index (κ2) is 7.12. The summed E-state index contributed by atoms with van der Waals surface area (Å²) in [5, 5.41) is 8.74. The molecule has 2 heteroatoms. The molecule has 3 atom stereocenters. The summed E-state index contributed by atoms with van der Waals surface area (Å²) in [5.74, 6) is 1.27. The van der Waals surface area contributed by atoms with Crippen LogP contribution in [0.25, 0.3) is 0 Å². The van der Waals surface area contributed by atoms with E-state index in [1.165, 1.54) is 37.7 Å². The summed E-state index contributed by atoms with van der Waals surface area (Å²) in [7, 11) is 0. The van der Waals surface area contributed by atoms with Crippen molar-refractivity contribution in [3.8, 4) is 6.07 Å². The molecule has 0 bridgehead atoms. The van der Waals surface area contributed by atoms with Crippen molar-refractivity contribution in [1.29, 1.82) is 5.26 Å². The van der Waals surface area contributed by atoms with Crippen molar-refractivity contribution in [3.05, 3.63) is 34.9 Å². The summed E-state index contributed by atoms with van der Waals surface area (Å²) in [6.45, 7) is 10.9. The van der Waals surface area contributed by atoms with Crippen molar-refractivity contribution in [2.24, 2.45) is 11.3 Å². The number of aryl methyl sites for hydroxylation is 1. The monoisotopic (exact) mass is 339 g/mol. The molecule has 136 valence electrons. The lowest BCUT2D eigenvalue weighted by atomic mass is 9.50. The summed E-state index contributed by atoms with van der Waals surface area (Å²) in [6.07, 6.45) is 6.78. The molecule has 0 spiro atoms. The maximum atomic E-state index is 8.74. The number of hydrogen-bond donors (Lipinski definition) is 0. The van der Waals surface area contributed by atoms with Gasteiger partial charge in [-0.25, -0.2) is 0 Å². The van der Waals surface area contributed by atoms with E-state index in [1.54, 1.807) is 11.1 Å². The van der Waals surface area contributed by atoms with E-state index in [0.29, 0.717) is 24.9 Å². The lowest BCUT2D eigenvalue weighted by Crippen LogP contribution is -2.51. The molecule has 0 amide bonds. The van der Waals surface area contributed by atoms with Crippen LogP contribution in [0.15, 0.2) is 18.2 Å². The van der Waals surface area contributed by atoms with Crippen LogP contribution < -0.4 is 0 Å². The van der Waals surface area contributed by atoms with Crippen molar-refractivity contribution >= 4 is 0 Å². The predicted molar refractivity (Wildman–Crippen MR) is 103 cm³/mol. The van der Waals surface area contributed by atoms with Gasteiger partial charge in [-0.05, 0) is 65.0 Å². The molecule has 1 saturated carbocycles. The zero-order valence-electron chi connectivity index (χ0n) is 16.4. The maximum Gasteiger partial charge on any atom is 0.0645 e. The molecule has 2 nitrogen and oxygen atoms in total. The number of fused-ring (bicyclic) bond motifs is 3. The van der Waals surface area contributed by atoms with Gasteiger partial charge in [-0.2, -0.15) is 5.26 Å². The Morgan fingerprint density at radius 2 is 2.08 bits per heavy atom. The molecule has 1 aromatic rings. The fourth-order valence-corrected chi connectivity index (χ4v) is 5.60. The molecule has 0 saturated heterocycles. The molecular formula is C23H33NO. The van der Waals surface area contributed by atoms with Crippen LogP contribution in [0.1, 0.15) is 82.4 Å². The van der Waals surface area contributed by atoms with Crippen LogP contribution >= 0.6 is 0 Å². The average molecular weight is 340 g/mol. The molecule has 3 rings (SSSR count). The first-order valence-electron chi connectivity index (χ1n) is 9.99. The third-order valence-corrected chi connectivity index (χ3v) is 6.96. The largest absolute Gasteiger partial charge is 0.380 e. The molecule has 0 aliphatic heterocycles. The molecule has 2 aliphatic carbocycles. The van der Waals surface area contributed by atoms with Crippen LogP contribution in [-0.4, -0.2) is 13.2 Å². The van der Waals surface area contributed by atoms with E-state index in [4.69, 9.17) is 10.00 Å². The predicted octanol–water partition coefficient (Wildman–Crippen LogP) is 5.75. The van der Waals surface area contributed by atoms with Crippen LogP contribution in [0.4, 0.5) is 0 Å². The second-order valence-corrected chi connectivity index (χ2v) is 9.05. The number of rotatable bonds is 5. The topological polar surface area (TPSA) is 33.0 Å². The van der Waals surface area contributed by atoms with E-state index in [2.05, 4.69) is 52.0 Å². The molecule has 0 heterocycles.